The summed E-state index contributed by atoms with van der Waals surface area (Å²) in [5.41, 5.74) is 3.07. The second kappa shape index (κ2) is 7.19. The van der Waals surface area contributed by atoms with Crippen molar-refractivity contribution in [2.75, 3.05) is 13.7 Å². The van der Waals surface area contributed by atoms with Crippen LogP contribution < -0.4 is 5.32 Å². The first-order valence-electron chi connectivity index (χ1n) is 7.79. The minimum Gasteiger partial charge on any atom is -0.383 e. The van der Waals surface area contributed by atoms with Gasteiger partial charge in [-0.1, -0.05) is 18.2 Å². The van der Waals surface area contributed by atoms with Crippen molar-refractivity contribution in [1.29, 1.82) is 0 Å². The molecule has 0 spiro atoms. The molecule has 1 unspecified atom stereocenters. The average Bonchev–Trinajstić information content (AvgIpc) is 2.61. The maximum absolute atomic E-state index is 12.7. The van der Waals surface area contributed by atoms with Crippen molar-refractivity contribution < 1.29 is 9.53 Å². The molecule has 0 aliphatic carbocycles. The van der Waals surface area contributed by atoms with Gasteiger partial charge in [-0.05, 0) is 31.2 Å². The Morgan fingerprint density at radius 3 is 2.71 bits per heavy atom. The highest BCUT2D eigenvalue weighted by Gasteiger charge is 2.15. The van der Waals surface area contributed by atoms with Gasteiger partial charge >= 0.3 is 0 Å². The van der Waals surface area contributed by atoms with Gasteiger partial charge in [0.2, 0.25) is 0 Å². The zero-order valence-electron chi connectivity index (χ0n) is 13.7. The molecular formula is C19H19N3O2. The van der Waals surface area contributed by atoms with Gasteiger partial charge in [0.1, 0.15) is 0 Å². The maximum atomic E-state index is 12.7. The summed E-state index contributed by atoms with van der Waals surface area (Å²) in [5, 5.41) is 3.79. The number of hydrogen-bond acceptors (Lipinski definition) is 4. The summed E-state index contributed by atoms with van der Waals surface area (Å²) in [5.74, 6) is -0.131. The molecular weight excluding hydrogens is 302 g/mol. The highest BCUT2D eigenvalue weighted by molar-refractivity contribution is 6.07. The third kappa shape index (κ3) is 3.41. The molecule has 3 aromatic rings. The van der Waals surface area contributed by atoms with Crippen molar-refractivity contribution >= 4 is 16.8 Å². The van der Waals surface area contributed by atoms with Crippen LogP contribution in [0.1, 0.15) is 17.3 Å². The van der Waals surface area contributed by atoms with Crippen LogP contribution in [0.4, 0.5) is 0 Å². The zero-order valence-corrected chi connectivity index (χ0v) is 13.7. The Morgan fingerprint density at radius 2 is 1.96 bits per heavy atom. The fraction of sp³-hybridized carbons (Fsp3) is 0.211. The fourth-order valence-corrected chi connectivity index (χ4v) is 2.63. The number of carbonyl (C=O) groups excluding carboxylic acids is 1. The van der Waals surface area contributed by atoms with E-state index in [4.69, 9.17) is 4.74 Å². The van der Waals surface area contributed by atoms with Crippen molar-refractivity contribution in [3.05, 3.63) is 60.4 Å². The van der Waals surface area contributed by atoms with E-state index >= 15 is 0 Å². The lowest BCUT2D eigenvalue weighted by atomic mass is 10.0. The number of nitrogens with zero attached hydrogens (tertiary/aromatic N) is 2. The Balaban J connectivity index is 2.06. The molecule has 0 bridgehead atoms. The van der Waals surface area contributed by atoms with E-state index in [-0.39, 0.29) is 11.9 Å². The van der Waals surface area contributed by atoms with E-state index in [0.717, 1.165) is 22.2 Å². The van der Waals surface area contributed by atoms with Crippen LogP contribution >= 0.6 is 0 Å². The number of fused-ring (bicyclic) bond motifs is 1. The van der Waals surface area contributed by atoms with E-state index in [2.05, 4.69) is 15.3 Å². The van der Waals surface area contributed by atoms with Gasteiger partial charge in [0, 0.05) is 36.5 Å². The lowest BCUT2D eigenvalue weighted by Crippen LogP contribution is -2.35. The molecule has 0 fully saturated rings. The van der Waals surface area contributed by atoms with E-state index in [9.17, 15) is 4.79 Å². The van der Waals surface area contributed by atoms with Gasteiger partial charge < -0.3 is 10.1 Å². The minimum absolute atomic E-state index is 0.0706. The largest absolute Gasteiger partial charge is 0.383 e. The third-order valence-electron chi connectivity index (χ3n) is 3.73. The van der Waals surface area contributed by atoms with Crippen LogP contribution in [-0.2, 0) is 4.74 Å². The second-order valence-electron chi connectivity index (χ2n) is 5.64. The number of benzene rings is 1. The van der Waals surface area contributed by atoms with Gasteiger partial charge in [-0.25, -0.2) is 4.98 Å². The normalized spacial score (nSPS) is 12.1. The van der Waals surface area contributed by atoms with E-state index in [1.54, 1.807) is 19.5 Å². The molecule has 2 aromatic heterocycles. The summed E-state index contributed by atoms with van der Waals surface area (Å²) in [7, 11) is 1.62. The number of amides is 1. The van der Waals surface area contributed by atoms with Crippen LogP contribution in [0.15, 0.2) is 54.9 Å². The summed E-state index contributed by atoms with van der Waals surface area (Å²) < 4.78 is 5.09. The Bertz CT molecular complexity index is 850. The molecule has 0 saturated carbocycles. The lowest BCUT2D eigenvalue weighted by molar-refractivity contribution is 0.0907. The number of aromatic nitrogens is 2. The Morgan fingerprint density at radius 1 is 1.21 bits per heavy atom. The second-order valence-corrected chi connectivity index (χ2v) is 5.64. The molecule has 1 aromatic carbocycles. The van der Waals surface area contributed by atoms with Crippen LogP contribution in [0.25, 0.3) is 22.2 Å². The predicted octanol–water partition coefficient (Wildman–Crippen LogP) is 3.06. The highest BCUT2D eigenvalue weighted by Crippen LogP contribution is 2.24. The van der Waals surface area contributed by atoms with Crippen molar-refractivity contribution in [2.24, 2.45) is 0 Å². The van der Waals surface area contributed by atoms with Crippen LogP contribution in [0.2, 0.25) is 0 Å². The summed E-state index contributed by atoms with van der Waals surface area (Å²) in [6.45, 7) is 2.38. The Labute approximate surface area is 140 Å². The smallest absolute Gasteiger partial charge is 0.252 e. The first kappa shape index (κ1) is 16.1. The number of hydrogen-bond donors (Lipinski definition) is 1. The number of para-hydroxylation sites is 1. The van der Waals surface area contributed by atoms with Gasteiger partial charge in [-0.15, -0.1) is 0 Å². The van der Waals surface area contributed by atoms with Crippen molar-refractivity contribution in [2.45, 2.75) is 13.0 Å². The molecule has 24 heavy (non-hydrogen) atoms. The molecule has 122 valence electrons. The molecule has 0 radical (unpaired) electrons. The third-order valence-corrected chi connectivity index (χ3v) is 3.73. The SMILES string of the molecule is COCC(C)NC(=O)c1cc(-c2ccncc2)nc2ccccc12. The monoisotopic (exact) mass is 321 g/mol. The van der Waals surface area contributed by atoms with E-state index in [1.165, 1.54) is 0 Å². The van der Waals surface area contributed by atoms with E-state index in [1.807, 2.05) is 49.4 Å². The standard InChI is InChI=1S/C19H19N3O2/c1-13(12-24-2)21-19(23)16-11-18(14-7-9-20-10-8-14)22-17-6-4-3-5-15(16)17/h3-11,13H,12H2,1-2H3,(H,21,23). The van der Waals surface area contributed by atoms with Crippen LogP contribution in [0.5, 0.6) is 0 Å². The molecule has 3 rings (SSSR count). The topological polar surface area (TPSA) is 64.1 Å². The first-order valence-corrected chi connectivity index (χ1v) is 7.79. The molecule has 2 heterocycles. The van der Waals surface area contributed by atoms with Crippen LogP contribution in [-0.4, -0.2) is 35.6 Å². The average molecular weight is 321 g/mol. The van der Waals surface area contributed by atoms with Crippen molar-refractivity contribution in [3.63, 3.8) is 0 Å². The lowest BCUT2D eigenvalue weighted by Gasteiger charge is -2.15. The zero-order chi connectivity index (χ0) is 16.9. The molecule has 1 amide bonds. The Hall–Kier alpha value is -2.79. The number of pyridine rings is 2. The number of ether oxygens (including phenoxy) is 1. The van der Waals surface area contributed by atoms with Crippen LogP contribution in [0, 0.1) is 0 Å². The van der Waals surface area contributed by atoms with Gasteiger partial charge in [0.25, 0.3) is 5.91 Å². The summed E-state index contributed by atoms with van der Waals surface area (Å²) in [6.07, 6.45) is 3.43. The summed E-state index contributed by atoms with van der Waals surface area (Å²) in [4.78, 5) is 21.4. The number of rotatable bonds is 5. The highest BCUT2D eigenvalue weighted by atomic mass is 16.5. The molecule has 0 saturated heterocycles. The molecule has 1 atom stereocenters. The fourth-order valence-electron chi connectivity index (χ4n) is 2.63. The van der Waals surface area contributed by atoms with Gasteiger partial charge in [-0.3, -0.25) is 9.78 Å². The Kier molecular flexibility index (Phi) is 4.82. The summed E-state index contributed by atoms with van der Waals surface area (Å²) >= 11 is 0. The number of nitrogens with one attached hydrogen (secondary N) is 1. The molecule has 0 aliphatic heterocycles. The predicted molar refractivity (Wildman–Crippen MR) is 93.8 cm³/mol. The van der Waals surface area contributed by atoms with Crippen molar-refractivity contribution in [1.82, 2.24) is 15.3 Å². The van der Waals surface area contributed by atoms with Crippen molar-refractivity contribution in [3.8, 4) is 11.3 Å². The van der Waals surface area contributed by atoms with E-state index in [0.29, 0.717) is 12.2 Å². The minimum atomic E-state index is -0.131. The molecule has 1 N–H and O–H groups in total. The molecule has 5 nitrogen and oxygen atoms in total. The summed E-state index contributed by atoms with van der Waals surface area (Å²) in [6, 6.07) is 13.2. The molecule has 0 aliphatic rings. The number of methoxy groups -OCH3 is 1. The van der Waals surface area contributed by atoms with Crippen LogP contribution in [0.3, 0.4) is 0 Å². The first-order chi connectivity index (χ1) is 11.7. The number of carbonyl (C=O) groups is 1. The van der Waals surface area contributed by atoms with Gasteiger partial charge in [0.15, 0.2) is 0 Å². The van der Waals surface area contributed by atoms with Gasteiger partial charge in [-0.2, -0.15) is 0 Å². The van der Waals surface area contributed by atoms with Gasteiger partial charge in [0.05, 0.1) is 23.4 Å². The molecule has 5 heteroatoms. The quantitative estimate of drug-likeness (QED) is 0.784. The maximum Gasteiger partial charge on any atom is 0.252 e. The van der Waals surface area contributed by atoms with E-state index < -0.39 is 0 Å².